The maximum atomic E-state index is 10.9. The van der Waals surface area contributed by atoms with E-state index in [0.717, 1.165) is 6.42 Å². The maximum Gasteiger partial charge on any atom is 0.311 e. The van der Waals surface area contributed by atoms with Crippen LogP contribution in [0.2, 0.25) is 0 Å². The first-order chi connectivity index (χ1) is 6.13. The summed E-state index contributed by atoms with van der Waals surface area (Å²) in [7, 11) is 0. The quantitative estimate of drug-likeness (QED) is 0.550. The minimum Gasteiger partial charge on any atom is -0.481 e. The lowest BCUT2D eigenvalue weighted by Crippen LogP contribution is -2.35. The van der Waals surface area contributed by atoms with Crippen molar-refractivity contribution in [2.45, 2.75) is 32.6 Å². The second-order valence-corrected chi connectivity index (χ2v) is 3.32. The maximum absolute atomic E-state index is 10.9. The highest BCUT2D eigenvalue weighted by Gasteiger charge is 2.36. The van der Waals surface area contributed by atoms with Crippen LogP contribution in [-0.4, -0.2) is 34.5 Å². The van der Waals surface area contributed by atoms with Gasteiger partial charge in [-0.1, -0.05) is 13.3 Å². The average molecular weight is 190 g/mol. The fraction of sp³-hybridized carbons (Fsp3) is 0.889. The molecule has 0 aromatic heterocycles. The molecular weight excluding hydrogens is 172 g/mol. The molecule has 13 heavy (non-hydrogen) atoms. The molecule has 78 valence electrons. The first-order valence-corrected chi connectivity index (χ1v) is 4.58. The summed E-state index contributed by atoms with van der Waals surface area (Å²) in [6.07, 6.45) is 1.94. The summed E-state index contributed by atoms with van der Waals surface area (Å²) in [6, 6.07) is 0. The van der Waals surface area contributed by atoms with Crippen LogP contribution in [0.25, 0.3) is 0 Å². The predicted molar refractivity (Wildman–Crippen MR) is 48.4 cm³/mol. The first-order valence-electron chi connectivity index (χ1n) is 4.58. The molecular formula is C9H18O4. The van der Waals surface area contributed by atoms with Crippen LogP contribution >= 0.6 is 0 Å². The molecule has 0 aliphatic carbocycles. The Labute approximate surface area is 78.2 Å². The zero-order valence-corrected chi connectivity index (χ0v) is 7.99. The molecule has 1 unspecified atom stereocenters. The summed E-state index contributed by atoms with van der Waals surface area (Å²) < 4.78 is 0. The topological polar surface area (TPSA) is 77.8 Å². The summed E-state index contributed by atoms with van der Waals surface area (Å²) in [5, 5.41) is 26.6. The smallest absolute Gasteiger partial charge is 0.311 e. The van der Waals surface area contributed by atoms with Crippen molar-refractivity contribution >= 4 is 5.97 Å². The number of rotatable bonds is 7. The summed E-state index contributed by atoms with van der Waals surface area (Å²) in [5.74, 6) is -0.967. The summed E-state index contributed by atoms with van der Waals surface area (Å²) in [6.45, 7) is 1.50. The van der Waals surface area contributed by atoms with Crippen LogP contribution in [0.3, 0.4) is 0 Å². The van der Waals surface area contributed by atoms with Crippen LogP contribution in [0.15, 0.2) is 0 Å². The van der Waals surface area contributed by atoms with Crippen molar-refractivity contribution in [3.63, 3.8) is 0 Å². The van der Waals surface area contributed by atoms with E-state index in [1.165, 1.54) is 0 Å². The summed E-state index contributed by atoms with van der Waals surface area (Å²) in [5.41, 5.74) is -1.04. The van der Waals surface area contributed by atoms with E-state index in [1.807, 2.05) is 6.92 Å². The highest BCUT2D eigenvalue weighted by molar-refractivity contribution is 5.74. The van der Waals surface area contributed by atoms with Gasteiger partial charge in [0.25, 0.3) is 0 Å². The predicted octanol–water partition coefficient (Wildman–Crippen LogP) is 0.622. The molecule has 0 aliphatic rings. The van der Waals surface area contributed by atoms with Crippen LogP contribution < -0.4 is 0 Å². The second-order valence-electron chi connectivity index (χ2n) is 3.32. The summed E-state index contributed by atoms with van der Waals surface area (Å²) >= 11 is 0. The average Bonchev–Trinajstić information content (AvgIpc) is 2.12. The number of carboxylic acid groups (broad SMARTS) is 1. The Balaban J connectivity index is 4.35. The van der Waals surface area contributed by atoms with Crippen molar-refractivity contribution in [1.29, 1.82) is 0 Å². The Morgan fingerprint density at radius 2 is 1.92 bits per heavy atom. The van der Waals surface area contributed by atoms with Crippen molar-refractivity contribution in [3.8, 4) is 0 Å². The van der Waals surface area contributed by atoms with Gasteiger partial charge in [0.05, 0.1) is 12.0 Å². The number of aliphatic hydroxyl groups excluding tert-OH is 2. The van der Waals surface area contributed by atoms with Gasteiger partial charge in [0.2, 0.25) is 0 Å². The van der Waals surface area contributed by atoms with Gasteiger partial charge in [-0.15, -0.1) is 0 Å². The van der Waals surface area contributed by atoms with Crippen molar-refractivity contribution in [3.05, 3.63) is 0 Å². The number of aliphatic carboxylic acids is 1. The van der Waals surface area contributed by atoms with Gasteiger partial charge in [0.1, 0.15) is 0 Å². The van der Waals surface area contributed by atoms with Gasteiger partial charge >= 0.3 is 5.97 Å². The molecule has 0 fully saturated rings. The van der Waals surface area contributed by atoms with E-state index in [2.05, 4.69) is 0 Å². The molecule has 0 heterocycles. The molecule has 0 amide bonds. The van der Waals surface area contributed by atoms with E-state index in [1.54, 1.807) is 0 Å². The molecule has 3 N–H and O–H groups in total. The number of hydrogen-bond donors (Lipinski definition) is 3. The molecule has 0 radical (unpaired) electrons. The molecule has 1 atom stereocenters. The van der Waals surface area contributed by atoms with Gasteiger partial charge < -0.3 is 15.3 Å². The zero-order valence-electron chi connectivity index (χ0n) is 7.99. The third-order valence-corrected chi connectivity index (χ3v) is 2.30. The number of carbonyl (C=O) groups is 1. The van der Waals surface area contributed by atoms with Gasteiger partial charge in [0.15, 0.2) is 0 Å². The van der Waals surface area contributed by atoms with E-state index < -0.39 is 11.4 Å². The largest absolute Gasteiger partial charge is 0.481 e. The molecule has 0 saturated heterocycles. The van der Waals surface area contributed by atoms with Gasteiger partial charge in [0, 0.05) is 6.61 Å². The van der Waals surface area contributed by atoms with E-state index in [9.17, 15) is 4.79 Å². The van der Waals surface area contributed by atoms with E-state index in [0.29, 0.717) is 19.3 Å². The standard InChI is InChI=1S/C9H18O4/c1-2-4-9(7-11,8(12)13)5-3-6-10/h10-11H,2-7H2,1H3,(H,12,13). The molecule has 0 aromatic rings. The Bertz CT molecular complexity index is 158. The highest BCUT2D eigenvalue weighted by Crippen LogP contribution is 2.29. The summed E-state index contributed by atoms with van der Waals surface area (Å²) in [4.78, 5) is 10.9. The lowest BCUT2D eigenvalue weighted by atomic mass is 9.80. The third-order valence-electron chi connectivity index (χ3n) is 2.30. The molecule has 4 nitrogen and oxygen atoms in total. The monoisotopic (exact) mass is 190 g/mol. The Morgan fingerprint density at radius 3 is 2.23 bits per heavy atom. The lowest BCUT2D eigenvalue weighted by Gasteiger charge is -2.26. The van der Waals surface area contributed by atoms with Crippen LogP contribution in [-0.2, 0) is 4.79 Å². The Hall–Kier alpha value is -0.610. The molecule has 0 aliphatic heterocycles. The van der Waals surface area contributed by atoms with Crippen molar-refractivity contribution < 1.29 is 20.1 Å². The normalized spacial score (nSPS) is 15.3. The SMILES string of the molecule is CCCC(CO)(CCCO)C(=O)O. The van der Waals surface area contributed by atoms with Gasteiger partial charge in [-0.2, -0.15) is 0 Å². The molecule has 0 bridgehead atoms. The molecule has 0 saturated carbocycles. The fourth-order valence-corrected chi connectivity index (χ4v) is 1.46. The second kappa shape index (κ2) is 5.94. The van der Waals surface area contributed by atoms with Crippen LogP contribution in [0.5, 0.6) is 0 Å². The minimum atomic E-state index is -1.04. The van der Waals surface area contributed by atoms with Crippen molar-refractivity contribution in [2.75, 3.05) is 13.2 Å². The Morgan fingerprint density at radius 1 is 1.31 bits per heavy atom. The van der Waals surface area contributed by atoms with Crippen molar-refractivity contribution in [2.24, 2.45) is 5.41 Å². The third kappa shape index (κ3) is 3.32. The van der Waals surface area contributed by atoms with Gasteiger partial charge in [-0.05, 0) is 19.3 Å². The number of hydrogen-bond acceptors (Lipinski definition) is 3. The zero-order chi connectivity index (χ0) is 10.3. The first kappa shape index (κ1) is 12.4. The molecule has 0 rings (SSSR count). The highest BCUT2D eigenvalue weighted by atomic mass is 16.4. The number of aliphatic hydroxyl groups is 2. The Kier molecular flexibility index (Phi) is 5.66. The van der Waals surface area contributed by atoms with Crippen LogP contribution in [0.1, 0.15) is 32.6 Å². The molecule has 0 spiro atoms. The van der Waals surface area contributed by atoms with Crippen molar-refractivity contribution in [1.82, 2.24) is 0 Å². The number of carboxylic acids is 1. The fourth-order valence-electron chi connectivity index (χ4n) is 1.46. The van der Waals surface area contributed by atoms with E-state index >= 15 is 0 Å². The van der Waals surface area contributed by atoms with Crippen LogP contribution in [0.4, 0.5) is 0 Å². The molecule has 4 heteroatoms. The lowest BCUT2D eigenvalue weighted by molar-refractivity contribution is -0.153. The van der Waals surface area contributed by atoms with Gasteiger partial charge in [-0.3, -0.25) is 4.79 Å². The van der Waals surface area contributed by atoms with Gasteiger partial charge in [-0.25, -0.2) is 0 Å². The minimum absolute atomic E-state index is 0.0290. The van der Waals surface area contributed by atoms with Crippen LogP contribution in [0, 0.1) is 5.41 Å². The van der Waals surface area contributed by atoms with E-state index in [4.69, 9.17) is 15.3 Å². The molecule has 0 aromatic carbocycles. The van der Waals surface area contributed by atoms with E-state index in [-0.39, 0.29) is 13.2 Å².